The molecule has 0 amide bonds. The largest absolute Gasteiger partial charge is 0.465 e. The van der Waals surface area contributed by atoms with E-state index in [-0.39, 0.29) is 0 Å². The predicted octanol–water partition coefficient (Wildman–Crippen LogP) is 4.82. The molecule has 108 valence electrons. The molecule has 1 aromatic heterocycles. The van der Waals surface area contributed by atoms with Crippen LogP contribution < -0.4 is 5.32 Å². The second-order valence-electron chi connectivity index (χ2n) is 5.65. The van der Waals surface area contributed by atoms with E-state index >= 15 is 0 Å². The smallest absolute Gasteiger partial charge is 0.117 e. The van der Waals surface area contributed by atoms with E-state index in [9.17, 15) is 0 Å². The first kappa shape index (κ1) is 14.9. The van der Waals surface area contributed by atoms with Crippen LogP contribution in [0.3, 0.4) is 0 Å². The fourth-order valence-corrected chi connectivity index (χ4v) is 2.25. The predicted molar refractivity (Wildman–Crippen MR) is 83.9 cm³/mol. The number of hydrogen-bond acceptors (Lipinski definition) is 2. The van der Waals surface area contributed by atoms with E-state index in [0.717, 1.165) is 24.5 Å². The van der Waals surface area contributed by atoms with Crippen LogP contribution >= 0.6 is 0 Å². The number of aryl methyl sites for hydroxylation is 1. The summed E-state index contributed by atoms with van der Waals surface area (Å²) in [5.41, 5.74) is 2.70. The van der Waals surface area contributed by atoms with E-state index in [0.29, 0.717) is 12.0 Å². The van der Waals surface area contributed by atoms with Gasteiger partial charge in [-0.05, 0) is 36.1 Å². The molecule has 2 aromatic rings. The lowest BCUT2D eigenvalue weighted by Gasteiger charge is -2.14. The molecule has 0 fully saturated rings. The molecule has 1 unspecified atom stereocenters. The minimum Gasteiger partial charge on any atom is -0.465 e. The van der Waals surface area contributed by atoms with Crippen LogP contribution in [0.1, 0.15) is 62.3 Å². The summed E-state index contributed by atoms with van der Waals surface area (Å²) >= 11 is 0. The quantitative estimate of drug-likeness (QED) is 0.815. The highest BCUT2D eigenvalue weighted by Gasteiger charge is 2.07. The van der Waals surface area contributed by atoms with Crippen LogP contribution in [0.25, 0.3) is 0 Å². The maximum atomic E-state index is 5.71. The maximum Gasteiger partial charge on any atom is 0.117 e. The molecule has 0 spiro atoms. The number of hydrogen-bond donors (Lipinski definition) is 1. The normalized spacial score (nSPS) is 12.8. The van der Waals surface area contributed by atoms with Gasteiger partial charge in [-0.15, -0.1) is 0 Å². The molecule has 20 heavy (non-hydrogen) atoms. The van der Waals surface area contributed by atoms with Crippen molar-refractivity contribution < 1.29 is 4.42 Å². The molecule has 0 saturated carbocycles. The van der Waals surface area contributed by atoms with Crippen molar-refractivity contribution in [2.45, 2.75) is 52.6 Å². The van der Waals surface area contributed by atoms with Gasteiger partial charge in [0.2, 0.25) is 0 Å². The summed E-state index contributed by atoms with van der Waals surface area (Å²) in [6, 6.07) is 13.3. The molecule has 2 rings (SSSR count). The van der Waals surface area contributed by atoms with Gasteiger partial charge in [-0.1, -0.05) is 45.0 Å². The highest BCUT2D eigenvalue weighted by Crippen LogP contribution is 2.19. The first-order valence-corrected chi connectivity index (χ1v) is 7.51. The van der Waals surface area contributed by atoms with Crippen molar-refractivity contribution in [3.63, 3.8) is 0 Å². The Kier molecular flexibility index (Phi) is 5.02. The van der Waals surface area contributed by atoms with Crippen LogP contribution in [0.4, 0.5) is 0 Å². The summed E-state index contributed by atoms with van der Waals surface area (Å²) in [4.78, 5) is 0. The molecular weight excluding hydrogens is 246 g/mol. The lowest BCUT2D eigenvalue weighted by molar-refractivity contribution is 0.435. The second-order valence-corrected chi connectivity index (χ2v) is 5.65. The molecule has 1 heterocycles. The van der Waals surface area contributed by atoms with E-state index in [1.54, 1.807) is 0 Å². The minimum absolute atomic E-state index is 0.325. The van der Waals surface area contributed by atoms with E-state index in [1.807, 2.05) is 0 Å². The Balaban J connectivity index is 1.92. The van der Waals surface area contributed by atoms with Crippen molar-refractivity contribution in [1.29, 1.82) is 0 Å². The summed E-state index contributed by atoms with van der Waals surface area (Å²) in [5, 5.41) is 3.51. The van der Waals surface area contributed by atoms with Crippen LogP contribution in [-0.2, 0) is 13.0 Å². The van der Waals surface area contributed by atoms with E-state index in [2.05, 4.69) is 69.4 Å². The van der Waals surface area contributed by atoms with Gasteiger partial charge in [0.25, 0.3) is 0 Å². The Morgan fingerprint density at radius 2 is 1.50 bits per heavy atom. The van der Waals surface area contributed by atoms with Crippen molar-refractivity contribution >= 4 is 0 Å². The lowest BCUT2D eigenvalue weighted by atomic mass is 9.99. The molecular formula is C18H25NO. The van der Waals surface area contributed by atoms with Crippen LogP contribution in [0.2, 0.25) is 0 Å². The van der Waals surface area contributed by atoms with Gasteiger partial charge in [0.15, 0.2) is 0 Å². The van der Waals surface area contributed by atoms with Crippen LogP contribution in [-0.4, -0.2) is 0 Å². The zero-order valence-electron chi connectivity index (χ0n) is 12.9. The average molecular weight is 271 g/mol. The van der Waals surface area contributed by atoms with E-state index in [4.69, 9.17) is 4.42 Å². The molecule has 0 saturated heterocycles. The molecule has 2 nitrogen and oxygen atoms in total. The minimum atomic E-state index is 0.325. The molecule has 1 aromatic carbocycles. The standard InChI is InChI=1S/C18H25NO/c1-5-17-10-11-18(20-17)12-19-14(4)16-8-6-15(7-9-16)13(2)3/h6-11,13-14,19H,5,12H2,1-4H3. The van der Waals surface area contributed by atoms with Gasteiger partial charge in [0, 0.05) is 12.5 Å². The van der Waals surface area contributed by atoms with Crippen molar-refractivity contribution in [2.75, 3.05) is 0 Å². The third-order valence-corrected chi connectivity index (χ3v) is 3.75. The van der Waals surface area contributed by atoms with Gasteiger partial charge >= 0.3 is 0 Å². The summed E-state index contributed by atoms with van der Waals surface area (Å²) in [6.07, 6.45) is 0.951. The Morgan fingerprint density at radius 1 is 0.900 bits per heavy atom. The molecule has 1 atom stereocenters. The topological polar surface area (TPSA) is 25.2 Å². The van der Waals surface area contributed by atoms with Gasteiger partial charge in [-0.3, -0.25) is 0 Å². The van der Waals surface area contributed by atoms with Crippen molar-refractivity contribution in [1.82, 2.24) is 5.32 Å². The van der Waals surface area contributed by atoms with Gasteiger partial charge in [-0.2, -0.15) is 0 Å². The second kappa shape index (κ2) is 6.76. The molecule has 1 N–H and O–H groups in total. The molecule has 0 aliphatic carbocycles. The summed E-state index contributed by atoms with van der Waals surface area (Å²) in [7, 11) is 0. The van der Waals surface area contributed by atoms with Gasteiger partial charge in [0.05, 0.1) is 6.54 Å². The monoisotopic (exact) mass is 271 g/mol. The lowest BCUT2D eigenvalue weighted by Crippen LogP contribution is -2.17. The zero-order valence-corrected chi connectivity index (χ0v) is 12.9. The van der Waals surface area contributed by atoms with Crippen LogP contribution in [0.15, 0.2) is 40.8 Å². The van der Waals surface area contributed by atoms with E-state index in [1.165, 1.54) is 11.1 Å². The number of benzene rings is 1. The van der Waals surface area contributed by atoms with Crippen molar-refractivity contribution in [3.05, 3.63) is 59.0 Å². The average Bonchev–Trinajstić information content (AvgIpc) is 2.93. The third-order valence-electron chi connectivity index (χ3n) is 3.75. The van der Waals surface area contributed by atoms with Crippen molar-refractivity contribution in [3.8, 4) is 0 Å². The highest BCUT2D eigenvalue weighted by molar-refractivity contribution is 5.26. The molecule has 0 aliphatic heterocycles. The molecule has 2 heteroatoms. The molecule has 0 radical (unpaired) electrons. The van der Waals surface area contributed by atoms with Gasteiger partial charge in [0.1, 0.15) is 11.5 Å². The van der Waals surface area contributed by atoms with Gasteiger partial charge in [-0.25, -0.2) is 0 Å². The van der Waals surface area contributed by atoms with Crippen LogP contribution in [0.5, 0.6) is 0 Å². The Bertz CT molecular complexity index is 525. The number of nitrogens with one attached hydrogen (secondary N) is 1. The summed E-state index contributed by atoms with van der Waals surface area (Å²) in [5.74, 6) is 2.64. The fraction of sp³-hybridized carbons (Fsp3) is 0.444. The Hall–Kier alpha value is -1.54. The summed E-state index contributed by atoms with van der Waals surface area (Å²) < 4.78 is 5.71. The van der Waals surface area contributed by atoms with Crippen molar-refractivity contribution in [2.24, 2.45) is 0 Å². The Morgan fingerprint density at radius 3 is 2.05 bits per heavy atom. The molecule has 0 aliphatic rings. The third kappa shape index (κ3) is 3.73. The van der Waals surface area contributed by atoms with E-state index < -0.39 is 0 Å². The SMILES string of the molecule is CCc1ccc(CNC(C)c2ccc(C(C)C)cc2)o1. The Labute approximate surface area is 122 Å². The highest BCUT2D eigenvalue weighted by atomic mass is 16.3. The maximum absolute atomic E-state index is 5.71. The first-order chi connectivity index (χ1) is 9.60. The first-order valence-electron chi connectivity index (χ1n) is 7.51. The number of furan rings is 1. The number of rotatable bonds is 6. The fourth-order valence-electron chi connectivity index (χ4n) is 2.25. The van der Waals surface area contributed by atoms with Crippen LogP contribution in [0, 0.1) is 0 Å². The zero-order chi connectivity index (χ0) is 14.5. The summed E-state index contributed by atoms with van der Waals surface area (Å²) in [6.45, 7) is 9.51. The van der Waals surface area contributed by atoms with Gasteiger partial charge < -0.3 is 9.73 Å². The molecule has 0 bridgehead atoms.